The van der Waals surface area contributed by atoms with Gasteiger partial charge in [-0.3, -0.25) is 14.4 Å². The van der Waals surface area contributed by atoms with Gasteiger partial charge in [0.15, 0.2) is 0 Å². The van der Waals surface area contributed by atoms with E-state index in [0.29, 0.717) is 0 Å². The van der Waals surface area contributed by atoms with Gasteiger partial charge in [-0.05, 0) is 51.2 Å². The average Bonchev–Trinajstić information content (AvgIpc) is 3.46. The molecule has 0 radical (unpaired) electrons. The average molecular weight is 587 g/mol. The van der Waals surface area contributed by atoms with E-state index in [1.165, 1.54) is 11.8 Å². The summed E-state index contributed by atoms with van der Waals surface area (Å²) in [6.45, 7) is 15.8. The molecule has 2 heterocycles. The van der Waals surface area contributed by atoms with Gasteiger partial charge in [-0.1, -0.05) is 45.0 Å². The van der Waals surface area contributed by atoms with Gasteiger partial charge in [0.1, 0.15) is 23.8 Å². The van der Waals surface area contributed by atoms with E-state index in [1.54, 1.807) is 32.1 Å². The standard InChI is InChI=1S/C30H42N4O6S/c1-17(20-10-12-21(13-11-20)24-18(2)31-16-41-24)32-26(36)23-14-22(39-19(3)35)15-34(23)27(37)25(29(4,5)6)33-28(38)40-30(7,8)9/h10-13,16-17,22-23,25H,14-15H2,1-9H3,(H,32,36)(H,33,38)/t17-,22+,23-,25+/m0/s1. The second-order valence-corrected chi connectivity index (χ2v) is 13.4. The molecule has 224 valence electrons. The molecule has 1 aromatic carbocycles. The lowest BCUT2D eigenvalue weighted by Crippen LogP contribution is -2.58. The van der Waals surface area contributed by atoms with Gasteiger partial charge in [0.25, 0.3) is 0 Å². The topological polar surface area (TPSA) is 127 Å². The van der Waals surface area contributed by atoms with Gasteiger partial charge >= 0.3 is 12.1 Å². The normalized spacial score (nSPS) is 18.8. The third kappa shape index (κ3) is 8.51. The van der Waals surface area contributed by atoms with Crippen LogP contribution in [0.5, 0.6) is 0 Å². The smallest absolute Gasteiger partial charge is 0.408 e. The van der Waals surface area contributed by atoms with Crippen LogP contribution in [0.3, 0.4) is 0 Å². The number of carbonyl (C=O) groups is 4. The van der Waals surface area contributed by atoms with E-state index < -0.39 is 47.2 Å². The van der Waals surface area contributed by atoms with E-state index in [9.17, 15) is 19.2 Å². The number of aryl methyl sites for hydroxylation is 1. The number of ether oxygens (including phenoxy) is 2. The number of alkyl carbamates (subject to hydrolysis) is 1. The fourth-order valence-electron chi connectivity index (χ4n) is 4.74. The predicted octanol–water partition coefficient (Wildman–Crippen LogP) is 4.77. The number of nitrogens with zero attached hydrogens (tertiary/aromatic N) is 2. The minimum atomic E-state index is -0.983. The summed E-state index contributed by atoms with van der Waals surface area (Å²) < 4.78 is 10.8. The summed E-state index contributed by atoms with van der Waals surface area (Å²) in [5, 5.41) is 5.71. The number of thiazole rings is 1. The molecule has 0 spiro atoms. The summed E-state index contributed by atoms with van der Waals surface area (Å²) in [7, 11) is 0. The van der Waals surface area contributed by atoms with Gasteiger partial charge in [-0.2, -0.15) is 0 Å². The summed E-state index contributed by atoms with van der Waals surface area (Å²) in [6.07, 6.45) is -1.23. The Bertz CT molecular complexity index is 1260. The molecular weight excluding hydrogens is 544 g/mol. The van der Waals surface area contributed by atoms with Crippen LogP contribution >= 0.6 is 11.3 Å². The summed E-state index contributed by atoms with van der Waals surface area (Å²) in [5.74, 6) is -1.31. The molecule has 1 saturated heterocycles. The first-order chi connectivity index (χ1) is 19.0. The molecule has 2 N–H and O–H groups in total. The van der Waals surface area contributed by atoms with Crippen LogP contribution in [0, 0.1) is 12.3 Å². The van der Waals surface area contributed by atoms with Gasteiger partial charge in [0.2, 0.25) is 11.8 Å². The predicted molar refractivity (Wildman–Crippen MR) is 157 cm³/mol. The van der Waals surface area contributed by atoms with Crippen LogP contribution in [-0.2, 0) is 23.9 Å². The van der Waals surface area contributed by atoms with Gasteiger partial charge in [0, 0.05) is 13.3 Å². The Hall–Kier alpha value is -3.47. The zero-order valence-electron chi connectivity index (χ0n) is 25.4. The lowest BCUT2D eigenvalue weighted by atomic mass is 9.85. The van der Waals surface area contributed by atoms with Crippen molar-refractivity contribution < 1.29 is 28.7 Å². The molecule has 10 nitrogen and oxygen atoms in total. The summed E-state index contributed by atoms with van der Waals surface area (Å²) in [4.78, 5) is 58.6. The second kappa shape index (κ2) is 12.6. The largest absolute Gasteiger partial charge is 0.461 e. The van der Waals surface area contributed by atoms with Gasteiger partial charge in [0.05, 0.1) is 28.7 Å². The van der Waals surface area contributed by atoms with Crippen molar-refractivity contribution in [3.05, 3.63) is 41.0 Å². The minimum Gasteiger partial charge on any atom is -0.461 e. The SMILES string of the molecule is CC(=O)O[C@@H]1C[C@@H](C(=O)N[C@@H](C)c2ccc(-c3scnc3C)cc2)N(C(=O)[C@@H](NC(=O)OC(C)(C)C)C(C)(C)C)C1. The van der Waals surface area contributed by atoms with Crippen LogP contribution in [-0.4, -0.2) is 64.1 Å². The van der Waals surface area contributed by atoms with Crippen molar-refractivity contribution in [3.8, 4) is 10.4 Å². The van der Waals surface area contributed by atoms with Crippen molar-refractivity contribution in [2.75, 3.05) is 6.54 Å². The molecule has 3 amide bonds. The highest BCUT2D eigenvalue weighted by atomic mass is 32.1. The van der Waals surface area contributed by atoms with E-state index in [0.717, 1.165) is 21.7 Å². The maximum Gasteiger partial charge on any atom is 0.408 e. The van der Waals surface area contributed by atoms with E-state index >= 15 is 0 Å². The fourth-order valence-corrected chi connectivity index (χ4v) is 5.56. The number of esters is 1. The molecule has 1 aromatic heterocycles. The number of nitrogens with one attached hydrogen (secondary N) is 2. The summed E-state index contributed by atoms with van der Waals surface area (Å²) in [5.41, 5.74) is 3.28. The molecule has 0 bridgehead atoms. The highest BCUT2D eigenvalue weighted by molar-refractivity contribution is 7.13. The lowest BCUT2D eigenvalue weighted by Gasteiger charge is -2.35. The van der Waals surface area contributed by atoms with Crippen LogP contribution in [0.2, 0.25) is 0 Å². The molecule has 1 fully saturated rings. The van der Waals surface area contributed by atoms with E-state index in [-0.39, 0.29) is 24.9 Å². The molecule has 11 heteroatoms. The highest BCUT2D eigenvalue weighted by Gasteiger charge is 2.46. The van der Waals surface area contributed by atoms with E-state index in [1.807, 2.05) is 64.4 Å². The molecule has 1 aliphatic rings. The molecule has 4 atom stereocenters. The van der Waals surface area contributed by atoms with Gasteiger partial charge in [-0.25, -0.2) is 9.78 Å². The van der Waals surface area contributed by atoms with Gasteiger partial charge < -0.3 is 25.0 Å². The van der Waals surface area contributed by atoms with E-state index in [4.69, 9.17) is 9.47 Å². The Kier molecular flexibility index (Phi) is 9.84. The van der Waals surface area contributed by atoms with Crippen LogP contribution < -0.4 is 10.6 Å². The Labute approximate surface area is 246 Å². The first-order valence-corrected chi connectivity index (χ1v) is 14.6. The highest BCUT2D eigenvalue weighted by Crippen LogP contribution is 2.30. The Morgan fingerprint density at radius 2 is 1.68 bits per heavy atom. The zero-order chi connectivity index (χ0) is 30.7. The second-order valence-electron chi connectivity index (χ2n) is 12.5. The number of rotatable bonds is 7. The van der Waals surface area contributed by atoms with Crippen LogP contribution in [0.1, 0.15) is 79.1 Å². The summed E-state index contributed by atoms with van der Waals surface area (Å²) >= 11 is 1.57. The van der Waals surface area contributed by atoms with Crippen LogP contribution in [0.4, 0.5) is 4.79 Å². The molecule has 2 aromatic rings. The maximum absolute atomic E-state index is 13.9. The molecule has 3 rings (SSSR count). The lowest BCUT2D eigenvalue weighted by molar-refractivity contribution is -0.147. The number of hydrogen-bond acceptors (Lipinski definition) is 8. The molecule has 0 aliphatic carbocycles. The molecule has 1 aliphatic heterocycles. The van der Waals surface area contributed by atoms with Crippen molar-refractivity contribution >= 4 is 35.2 Å². The van der Waals surface area contributed by atoms with Crippen molar-refractivity contribution in [2.24, 2.45) is 5.41 Å². The molecular formula is C30H42N4O6S. The number of benzene rings is 1. The third-order valence-corrected chi connectivity index (χ3v) is 7.71. The quantitative estimate of drug-likeness (QED) is 0.448. The Morgan fingerprint density at radius 3 is 2.20 bits per heavy atom. The van der Waals surface area contributed by atoms with Gasteiger partial charge in [-0.15, -0.1) is 11.3 Å². The van der Waals surface area contributed by atoms with Crippen molar-refractivity contribution in [3.63, 3.8) is 0 Å². The molecule has 41 heavy (non-hydrogen) atoms. The van der Waals surface area contributed by atoms with Crippen molar-refractivity contribution in [1.29, 1.82) is 0 Å². The first kappa shape index (κ1) is 32.0. The van der Waals surface area contributed by atoms with E-state index in [2.05, 4.69) is 15.6 Å². The van der Waals surface area contributed by atoms with Crippen molar-refractivity contribution in [1.82, 2.24) is 20.5 Å². The number of carbonyl (C=O) groups excluding carboxylic acids is 4. The van der Waals surface area contributed by atoms with Crippen molar-refractivity contribution in [2.45, 2.75) is 98.6 Å². The molecule has 0 unspecified atom stereocenters. The Morgan fingerprint density at radius 1 is 1.05 bits per heavy atom. The number of likely N-dealkylation sites (tertiary alicyclic amines) is 1. The number of hydrogen-bond donors (Lipinski definition) is 2. The maximum atomic E-state index is 13.9. The minimum absolute atomic E-state index is 0.0381. The fraction of sp³-hybridized carbons (Fsp3) is 0.567. The first-order valence-electron chi connectivity index (χ1n) is 13.7. The zero-order valence-corrected chi connectivity index (χ0v) is 26.2. The number of amides is 3. The monoisotopic (exact) mass is 586 g/mol. The number of aromatic nitrogens is 1. The van der Waals surface area contributed by atoms with Crippen LogP contribution in [0.15, 0.2) is 29.8 Å². The third-order valence-electron chi connectivity index (χ3n) is 6.73. The van der Waals surface area contributed by atoms with Crippen LogP contribution in [0.25, 0.3) is 10.4 Å². The Balaban J connectivity index is 1.80. The summed E-state index contributed by atoms with van der Waals surface area (Å²) in [6, 6.07) is 5.69. The molecule has 0 saturated carbocycles.